The Morgan fingerprint density at radius 2 is 0.455 bits per heavy atom. The Hall–Kier alpha value is -1.91. The van der Waals surface area contributed by atoms with E-state index in [9.17, 15) is 0 Å². The minimum Gasteiger partial charge on any atom is -0.0654 e. The van der Waals surface area contributed by atoms with Gasteiger partial charge < -0.3 is 0 Å². The number of hydrogen-bond acceptors (Lipinski definition) is 0. The molecule has 3 aromatic carbocycles. The van der Waals surface area contributed by atoms with Gasteiger partial charge in [0.2, 0.25) is 0 Å². The van der Waals surface area contributed by atoms with Crippen molar-refractivity contribution in [1.82, 2.24) is 0 Å². The quantitative estimate of drug-likeness (QED) is 0.0593. The fourth-order valence-electron chi connectivity index (χ4n) is 8.90. The van der Waals surface area contributed by atoms with Gasteiger partial charge in [0.15, 0.2) is 0 Å². The highest BCUT2D eigenvalue weighted by atomic mass is 31.1. The van der Waals surface area contributed by atoms with E-state index < -0.39 is 7.92 Å². The zero-order valence-corrected chi connectivity index (χ0v) is 38.9. The van der Waals surface area contributed by atoms with Crippen LogP contribution in [0, 0.1) is 0 Å². The summed E-state index contributed by atoms with van der Waals surface area (Å²) in [6.45, 7) is 21.5. The van der Waals surface area contributed by atoms with E-state index in [1.807, 2.05) is 0 Å². The lowest BCUT2D eigenvalue weighted by Crippen LogP contribution is -2.31. The van der Waals surface area contributed by atoms with E-state index in [-0.39, 0.29) is 0 Å². The van der Waals surface area contributed by atoms with Crippen molar-refractivity contribution in [1.29, 1.82) is 0 Å². The number of unbranched alkanes of at least 4 members (excludes halogenated alkanes) is 9. The summed E-state index contributed by atoms with van der Waals surface area (Å²) in [6, 6.07) is 16.0. The van der Waals surface area contributed by atoms with E-state index in [2.05, 4.69) is 98.7 Å². The van der Waals surface area contributed by atoms with Crippen molar-refractivity contribution in [3.63, 3.8) is 0 Å². The summed E-state index contributed by atoms with van der Waals surface area (Å²) in [5.41, 5.74) is 15.5. The zero-order chi connectivity index (χ0) is 39.8. The molecule has 0 aliphatic carbocycles. The Bertz CT molecular complexity index is 1310. The first-order valence-corrected chi connectivity index (χ1v) is 25.5. The average molecular weight is 767 g/mol. The van der Waals surface area contributed by atoms with E-state index in [4.69, 9.17) is 0 Å². The van der Waals surface area contributed by atoms with E-state index in [1.165, 1.54) is 173 Å². The highest BCUT2D eigenvalue weighted by Gasteiger charge is 2.29. The van der Waals surface area contributed by atoms with Crippen LogP contribution in [0.2, 0.25) is 0 Å². The summed E-state index contributed by atoms with van der Waals surface area (Å²) in [6.07, 6.45) is 34.1. The van der Waals surface area contributed by atoms with Crippen LogP contribution in [0.3, 0.4) is 0 Å². The van der Waals surface area contributed by atoms with Gasteiger partial charge in [-0.25, -0.2) is 0 Å². The molecular weight excluding hydrogens is 680 g/mol. The summed E-state index contributed by atoms with van der Waals surface area (Å²) in [5.74, 6) is 0. The molecule has 1 heteroatoms. The van der Waals surface area contributed by atoms with Crippen LogP contribution in [-0.4, -0.2) is 0 Å². The Balaban J connectivity index is 2.62. The van der Waals surface area contributed by atoms with Crippen molar-refractivity contribution >= 4 is 23.8 Å². The molecule has 0 aromatic heterocycles. The van der Waals surface area contributed by atoms with Crippen LogP contribution in [0.1, 0.15) is 228 Å². The van der Waals surface area contributed by atoms with Crippen molar-refractivity contribution in [2.24, 2.45) is 0 Å². The monoisotopic (exact) mass is 767 g/mol. The van der Waals surface area contributed by atoms with E-state index in [1.54, 1.807) is 66.0 Å². The molecule has 0 spiro atoms. The third kappa shape index (κ3) is 13.9. The minimum atomic E-state index is -0.727. The highest BCUT2D eigenvalue weighted by Crippen LogP contribution is 2.42. The molecule has 0 heterocycles. The third-order valence-electron chi connectivity index (χ3n) is 12.3. The van der Waals surface area contributed by atoms with Gasteiger partial charge in [-0.15, -0.1) is 0 Å². The second-order valence-electron chi connectivity index (χ2n) is 16.9. The second-order valence-corrected chi connectivity index (χ2v) is 19.0. The molecule has 0 saturated carbocycles. The van der Waals surface area contributed by atoms with Gasteiger partial charge in [-0.05, 0) is 189 Å². The summed E-state index contributed by atoms with van der Waals surface area (Å²) in [7, 11) is -0.727. The van der Waals surface area contributed by atoms with Crippen LogP contribution in [0.15, 0.2) is 36.4 Å². The Labute approximate surface area is 344 Å². The molecule has 0 aliphatic heterocycles. The number of hydrogen-bond donors (Lipinski definition) is 0. The molecule has 0 radical (unpaired) electrons. The first-order valence-electron chi connectivity index (χ1n) is 24.2. The maximum absolute atomic E-state index is 2.71. The average Bonchev–Trinajstić information content (AvgIpc) is 3.20. The van der Waals surface area contributed by atoms with E-state index in [0.29, 0.717) is 0 Å². The topological polar surface area (TPSA) is 0 Å². The normalized spacial score (nSPS) is 11.7. The first-order chi connectivity index (χ1) is 27.0. The van der Waals surface area contributed by atoms with Gasteiger partial charge in [-0.2, -0.15) is 0 Å². The van der Waals surface area contributed by atoms with E-state index >= 15 is 0 Å². The Morgan fingerprint density at radius 3 is 0.673 bits per heavy atom. The fraction of sp³-hybridized carbons (Fsp3) is 0.667. The summed E-state index contributed by atoms with van der Waals surface area (Å²) in [4.78, 5) is 0. The van der Waals surface area contributed by atoms with Crippen LogP contribution >= 0.6 is 7.92 Å². The molecule has 0 saturated heterocycles. The van der Waals surface area contributed by atoms with Crippen molar-refractivity contribution < 1.29 is 0 Å². The molecule has 0 amide bonds. The molecule has 0 N–H and O–H groups in total. The van der Waals surface area contributed by atoms with E-state index in [0.717, 1.165) is 0 Å². The van der Waals surface area contributed by atoms with Gasteiger partial charge in [0.25, 0.3) is 0 Å². The predicted octanol–water partition coefficient (Wildman–Crippen LogP) is 15.5. The zero-order valence-electron chi connectivity index (χ0n) is 38.0. The second kappa shape index (κ2) is 27.7. The molecule has 0 aliphatic rings. The van der Waals surface area contributed by atoms with Crippen molar-refractivity contribution in [3.05, 3.63) is 86.5 Å². The summed E-state index contributed by atoms with van der Waals surface area (Å²) in [5, 5.41) is 5.15. The fourth-order valence-corrected chi connectivity index (χ4v) is 11.9. The predicted molar refractivity (Wildman–Crippen MR) is 253 cm³/mol. The maximum Gasteiger partial charge on any atom is -0.0116 e. The van der Waals surface area contributed by atoms with Gasteiger partial charge in [-0.1, -0.05) is 156 Å². The molecular formula is C54H87P. The van der Waals surface area contributed by atoms with Crippen LogP contribution < -0.4 is 15.9 Å². The Kier molecular flexibility index (Phi) is 23.9. The number of rotatable bonds is 30. The highest BCUT2D eigenvalue weighted by molar-refractivity contribution is 7.80. The first kappa shape index (κ1) is 47.5. The maximum atomic E-state index is 2.71. The molecule has 308 valence electrons. The SMILES string of the molecule is CCCCc1ccc(P(c2ccc(CCCC)c(CCCC)c2CCCC)c2ccc(CCCC)c(CCCC)c2CCCC)c(CCCC)c1CCCC. The molecule has 3 rings (SSSR count). The van der Waals surface area contributed by atoms with Crippen molar-refractivity contribution in [3.8, 4) is 0 Å². The standard InChI is InChI=1S/C54H87P/c1-10-19-28-43-37-40-52(49(34-25-16-7)46(43)31-22-13-4)55(53-41-38-44(29-20-11-2)47(32-23-14-5)50(53)35-26-17-8)54-42-39-45(30-21-12-3)48(33-24-15-6)51(54)36-27-18-9/h37-42H,10-36H2,1-9H3. The largest absolute Gasteiger partial charge is 0.0654 e. The smallest absolute Gasteiger partial charge is 0.0116 e. The summed E-state index contributed by atoms with van der Waals surface area (Å²) < 4.78 is 0. The minimum absolute atomic E-state index is 0.727. The van der Waals surface area contributed by atoms with Gasteiger partial charge >= 0.3 is 0 Å². The third-order valence-corrected chi connectivity index (χ3v) is 15.0. The van der Waals surface area contributed by atoms with Crippen LogP contribution in [0.4, 0.5) is 0 Å². The molecule has 0 bridgehead atoms. The lowest BCUT2D eigenvalue weighted by Gasteiger charge is -2.32. The molecule has 0 unspecified atom stereocenters. The molecule has 55 heavy (non-hydrogen) atoms. The van der Waals surface area contributed by atoms with Crippen molar-refractivity contribution in [2.45, 2.75) is 236 Å². The number of aryl methyl sites for hydroxylation is 3. The molecule has 3 aromatic rings. The lowest BCUT2D eigenvalue weighted by atomic mass is 9.90. The summed E-state index contributed by atoms with van der Waals surface area (Å²) >= 11 is 0. The van der Waals surface area contributed by atoms with Gasteiger partial charge in [0, 0.05) is 0 Å². The number of benzene rings is 3. The molecule has 0 fully saturated rings. The van der Waals surface area contributed by atoms with Crippen LogP contribution in [0.5, 0.6) is 0 Å². The Morgan fingerprint density at radius 1 is 0.255 bits per heavy atom. The molecule has 0 nitrogen and oxygen atoms in total. The molecule has 0 atom stereocenters. The van der Waals surface area contributed by atoms with Gasteiger partial charge in [0.1, 0.15) is 0 Å². The van der Waals surface area contributed by atoms with Gasteiger partial charge in [-0.3, -0.25) is 0 Å². The van der Waals surface area contributed by atoms with Gasteiger partial charge in [0.05, 0.1) is 0 Å². The lowest BCUT2D eigenvalue weighted by molar-refractivity contribution is 0.736. The van der Waals surface area contributed by atoms with Crippen molar-refractivity contribution in [2.75, 3.05) is 0 Å². The van der Waals surface area contributed by atoms with Crippen LogP contribution in [-0.2, 0) is 57.8 Å². The van der Waals surface area contributed by atoms with Crippen LogP contribution in [0.25, 0.3) is 0 Å².